The van der Waals surface area contributed by atoms with Crippen LogP contribution in [0.4, 0.5) is 0 Å². The molecule has 0 aromatic heterocycles. The summed E-state index contributed by atoms with van der Waals surface area (Å²) in [6.45, 7) is 18.2. The number of aliphatic hydroxyl groups excluding tert-OH is 4. The summed E-state index contributed by atoms with van der Waals surface area (Å²) < 4.78 is 42.6. The fraction of sp³-hybridized carbons (Fsp3) is 0.870. The summed E-state index contributed by atoms with van der Waals surface area (Å²) in [7, 11) is 6.54. The number of carbonyl (C=O) groups is 2. The van der Waals surface area contributed by atoms with E-state index in [0.29, 0.717) is 31.1 Å². The lowest BCUT2D eigenvalue weighted by molar-refractivity contribution is -0.304. The van der Waals surface area contributed by atoms with E-state index in [-0.39, 0.29) is 24.7 Å². The molecule has 0 bridgehead atoms. The fourth-order valence-electron chi connectivity index (χ4n) is 10.0. The average Bonchev–Trinajstić information content (AvgIpc) is 3.19. The fourth-order valence-corrected chi connectivity index (χ4v) is 10.0. The van der Waals surface area contributed by atoms with Gasteiger partial charge in [-0.05, 0) is 90.9 Å². The first-order chi connectivity index (χ1) is 28.8. The molecule has 0 radical (unpaired) electrons. The Bertz CT molecular complexity index is 1420. The van der Waals surface area contributed by atoms with Crippen LogP contribution < -0.4 is 0 Å². The minimum atomic E-state index is -1.23. The van der Waals surface area contributed by atoms with Gasteiger partial charge in [0.2, 0.25) is 0 Å². The number of nitrogens with zero attached hydrogens (tertiary/aromatic N) is 2. The lowest BCUT2D eigenvalue weighted by atomic mass is 9.79. The van der Waals surface area contributed by atoms with Crippen molar-refractivity contribution in [3.8, 4) is 0 Å². The molecule has 0 amide bonds. The topological polar surface area (TPSA) is 186 Å². The summed E-state index contributed by atoms with van der Waals surface area (Å²) in [5.41, 5.74) is 0.761. The molecule has 352 valence electrons. The van der Waals surface area contributed by atoms with Crippen LogP contribution in [0.1, 0.15) is 87.5 Å². The smallest absolute Gasteiger partial charge is 0.308 e. The second-order valence-corrected chi connectivity index (χ2v) is 18.9. The number of carbonyl (C=O) groups excluding carboxylic acids is 2. The molecule has 61 heavy (non-hydrogen) atoms. The molecule has 4 aliphatic heterocycles. The standard InChI is InChI=1S/C46H80N2O13/c1-13-36-33(24-57-46-44(56-12)43(55-11)40(53)31(8)59-46)19-25(2)14-15-34(49)28(5)20-32(16-17-48-22-26(3)18-27(4)23-48)42(29(6)35(50)21-37(51)60-36)61-45-41(54)38(47(9)10)39(52)30(7)58-45/h14-15,19,26-33,35-36,38-46,50,52-54H,13,16-18,20-24H2,1-12H3/t26?,27?,28?,29?,30?,31?,32?,33?,35?,36?,38?,39?,40?,41?,42?,43?,44?,45-,46?/m1/s1. The van der Waals surface area contributed by atoms with Gasteiger partial charge in [-0.25, -0.2) is 0 Å². The molecule has 4 heterocycles. The SMILES string of the molecule is CCC1OC(=O)CC(O)C(C)C(O[C@H]2OC(C)C(O)C(N(C)C)C2O)C(CCN2CC(C)CC(C)C2)CC(C)C(=O)C=CC(C)=CC1COC1OC(C)C(O)C(OC)C1OC. The van der Waals surface area contributed by atoms with Gasteiger partial charge in [-0.15, -0.1) is 0 Å². The van der Waals surface area contributed by atoms with Crippen molar-refractivity contribution in [3.05, 3.63) is 23.8 Å². The van der Waals surface area contributed by atoms with Crippen LogP contribution in [0.25, 0.3) is 0 Å². The zero-order valence-electron chi connectivity index (χ0n) is 38.9. The zero-order valence-corrected chi connectivity index (χ0v) is 38.9. The first-order valence-corrected chi connectivity index (χ1v) is 22.6. The van der Waals surface area contributed by atoms with Crippen LogP contribution in [-0.4, -0.2) is 176 Å². The van der Waals surface area contributed by atoms with E-state index in [1.807, 2.05) is 33.8 Å². The molecular formula is C46H80N2O13. The van der Waals surface area contributed by atoms with Crippen molar-refractivity contribution >= 4 is 11.8 Å². The maximum absolute atomic E-state index is 14.0. The van der Waals surface area contributed by atoms with Gasteiger partial charge in [-0.3, -0.25) is 9.59 Å². The monoisotopic (exact) mass is 869 g/mol. The van der Waals surface area contributed by atoms with E-state index >= 15 is 0 Å². The van der Waals surface area contributed by atoms with Gasteiger partial charge in [0.25, 0.3) is 0 Å². The Morgan fingerprint density at radius 3 is 2.05 bits per heavy atom. The number of ether oxygens (including phenoxy) is 7. The highest BCUT2D eigenvalue weighted by atomic mass is 16.7. The summed E-state index contributed by atoms with van der Waals surface area (Å²) in [6, 6.07) is -0.684. The Morgan fingerprint density at radius 1 is 0.820 bits per heavy atom. The number of likely N-dealkylation sites (N-methyl/N-ethyl adjacent to an activating group) is 1. The van der Waals surface area contributed by atoms with E-state index in [4.69, 9.17) is 33.2 Å². The van der Waals surface area contributed by atoms with E-state index in [9.17, 15) is 30.0 Å². The van der Waals surface area contributed by atoms with Crippen molar-refractivity contribution in [2.75, 3.05) is 54.6 Å². The summed E-state index contributed by atoms with van der Waals surface area (Å²) in [4.78, 5) is 32.1. The van der Waals surface area contributed by atoms with Crippen molar-refractivity contribution in [2.45, 2.75) is 167 Å². The molecule has 15 nitrogen and oxygen atoms in total. The van der Waals surface area contributed by atoms with Crippen molar-refractivity contribution < 1.29 is 63.2 Å². The minimum absolute atomic E-state index is 0.0427. The lowest BCUT2D eigenvalue weighted by Crippen LogP contribution is -2.63. The van der Waals surface area contributed by atoms with E-state index in [2.05, 4.69) is 18.7 Å². The Morgan fingerprint density at radius 2 is 1.44 bits per heavy atom. The first-order valence-electron chi connectivity index (χ1n) is 22.6. The van der Waals surface area contributed by atoms with Gasteiger partial charge in [0.15, 0.2) is 18.4 Å². The molecule has 4 rings (SSSR count). The number of piperidine rings is 1. The Labute approximate surface area is 365 Å². The van der Waals surface area contributed by atoms with Gasteiger partial charge >= 0.3 is 5.97 Å². The van der Waals surface area contributed by atoms with Crippen LogP contribution >= 0.6 is 0 Å². The summed E-state index contributed by atoms with van der Waals surface area (Å²) in [5.74, 6) is -1.46. The molecule has 18 unspecified atom stereocenters. The maximum atomic E-state index is 14.0. The third kappa shape index (κ3) is 13.8. The van der Waals surface area contributed by atoms with Gasteiger partial charge in [0, 0.05) is 45.1 Å². The van der Waals surface area contributed by atoms with Gasteiger partial charge in [-0.1, -0.05) is 52.3 Å². The normalized spacial score (nSPS) is 43.0. The first kappa shape index (κ1) is 51.8. The molecule has 4 N–H and O–H groups in total. The van der Waals surface area contributed by atoms with E-state index < -0.39 is 103 Å². The number of hydrogen-bond acceptors (Lipinski definition) is 15. The largest absolute Gasteiger partial charge is 0.462 e. The van der Waals surface area contributed by atoms with E-state index in [1.54, 1.807) is 45.0 Å². The number of aliphatic hydroxyl groups is 4. The number of likely N-dealkylation sites (tertiary alicyclic amines) is 1. The molecule has 0 aromatic carbocycles. The highest BCUT2D eigenvalue weighted by Crippen LogP contribution is 2.36. The van der Waals surface area contributed by atoms with Gasteiger partial charge in [0.1, 0.15) is 30.5 Å². The molecule has 3 saturated heterocycles. The lowest BCUT2D eigenvalue weighted by Gasteiger charge is -2.47. The Kier molecular flexibility index (Phi) is 20.3. The van der Waals surface area contributed by atoms with E-state index in [1.165, 1.54) is 20.6 Å². The van der Waals surface area contributed by atoms with Crippen LogP contribution in [-0.2, 0) is 42.7 Å². The van der Waals surface area contributed by atoms with Crippen LogP contribution in [0.3, 0.4) is 0 Å². The third-order valence-corrected chi connectivity index (χ3v) is 13.5. The average molecular weight is 869 g/mol. The molecule has 4 aliphatic rings. The predicted molar refractivity (Wildman–Crippen MR) is 229 cm³/mol. The van der Waals surface area contributed by atoms with Crippen molar-refractivity contribution in [1.82, 2.24) is 9.80 Å². The number of ketones is 1. The van der Waals surface area contributed by atoms with Gasteiger partial charge in [0.05, 0.1) is 49.6 Å². The summed E-state index contributed by atoms with van der Waals surface area (Å²) >= 11 is 0. The summed E-state index contributed by atoms with van der Waals surface area (Å²) in [5, 5.41) is 45.3. The molecule has 0 aliphatic carbocycles. The van der Waals surface area contributed by atoms with Crippen LogP contribution in [0, 0.1) is 35.5 Å². The number of allylic oxidation sites excluding steroid dienone is 3. The van der Waals surface area contributed by atoms with Crippen molar-refractivity contribution in [3.63, 3.8) is 0 Å². The highest BCUT2D eigenvalue weighted by molar-refractivity contribution is 5.91. The summed E-state index contributed by atoms with van der Waals surface area (Å²) in [6.07, 6.45) is -2.96. The highest BCUT2D eigenvalue weighted by Gasteiger charge is 2.48. The Balaban J connectivity index is 1.68. The molecule has 0 aromatic rings. The molecule has 19 atom stereocenters. The molecule has 3 fully saturated rings. The van der Waals surface area contributed by atoms with Crippen molar-refractivity contribution in [2.24, 2.45) is 35.5 Å². The second kappa shape index (κ2) is 23.9. The van der Waals surface area contributed by atoms with Crippen LogP contribution in [0.15, 0.2) is 23.8 Å². The minimum Gasteiger partial charge on any atom is -0.462 e. The molecule has 0 saturated carbocycles. The molecule has 15 heteroatoms. The quantitative estimate of drug-likeness (QED) is 0.209. The molecular weight excluding hydrogens is 789 g/mol. The van der Waals surface area contributed by atoms with Gasteiger partial charge in [-0.2, -0.15) is 0 Å². The number of methoxy groups -OCH3 is 2. The van der Waals surface area contributed by atoms with Gasteiger partial charge < -0.3 is 63.4 Å². The number of hydrogen-bond donors (Lipinski definition) is 4. The second-order valence-electron chi connectivity index (χ2n) is 18.9. The van der Waals surface area contributed by atoms with E-state index in [0.717, 1.165) is 25.2 Å². The zero-order chi connectivity index (χ0) is 45.3. The number of cyclic esters (lactones) is 1. The van der Waals surface area contributed by atoms with Crippen LogP contribution in [0.5, 0.6) is 0 Å². The molecule has 0 spiro atoms. The predicted octanol–water partition coefficient (Wildman–Crippen LogP) is 3.34. The number of rotatable bonds is 12. The number of esters is 1. The van der Waals surface area contributed by atoms with Crippen molar-refractivity contribution in [1.29, 1.82) is 0 Å². The third-order valence-electron chi connectivity index (χ3n) is 13.5. The maximum Gasteiger partial charge on any atom is 0.308 e. The Hall–Kier alpha value is -1.86. The van der Waals surface area contributed by atoms with Crippen LogP contribution in [0.2, 0.25) is 0 Å².